The molecule has 1 aliphatic rings. The standard InChI is InChI=1S/C25H46N4O8.BrH.Na/c1-24(2,3)36-22(34)7-8-26-9-11-27(17-20(30)31)13-14-28(18-21(32)33)15-16-29(12-10-26)19-23(35)37-25(4,5)6;;/h7-19H2,1-6H3,(H,30,31)(H,32,33);1H;/q;;+1/p-1. The van der Waals surface area contributed by atoms with Crippen LogP contribution in [0.1, 0.15) is 48.0 Å². The molecule has 14 heteroatoms. The third-order valence-corrected chi connectivity index (χ3v) is 5.47. The van der Waals surface area contributed by atoms with E-state index in [0.29, 0.717) is 58.9 Å². The number of carbonyl (C=O) groups excluding carboxylic acids is 2. The Bertz CT molecular complexity index is 776. The van der Waals surface area contributed by atoms with Crippen molar-refractivity contribution < 1.29 is 85.4 Å². The molecule has 0 aromatic carbocycles. The van der Waals surface area contributed by atoms with Crippen molar-refractivity contribution in [1.82, 2.24) is 19.6 Å². The van der Waals surface area contributed by atoms with E-state index in [0.717, 1.165) is 0 Å². The van der Waals surface area contributed by atoms with Crippen molar-refractivity contribution in [2.45, 2.75) is 59.2 Å². The van der Waals surface area contributed by atoms with E-state index in [1.807, 2.05) is 25.7 Å². The number of hydrogen-bond acceptors (Lipinski definition) is 10. The molecule has 12 nitrogen and oxygen atoms in total. The van der Waals surface area contributed by atoms with Gasteiger partial charge in [0.15, 0.2) is 0 Å². The van der Waals surface area contributed by atoms with Gasteiger partial charge in [0.05, 0.1) is 26.1 Å². The van der Waals surface area contributed by atoms with Crippen molar-refractivity contribution >= 4 is 23.9 Å². The molecule has 1 heterocycles. The molecule has 2 N–H and O–H groups in total. The van der Waals surface area contributed by atoms with Gasteiger partial charge in [-0.05, 0) is 41.5 Å². The van der Waals surface area contributed by atoms with E-state index in [1.54, 1.807) is 30.6 Å². The molecule has 0 aromatic rings. The molecule has 39 heavy (non-hydrogen) atoms. The molecule has 0 spiro atoms. The Hall–Kier alpha value is -0.800. The second kappa shape index (κ2) is 19.3. The SMILES string of the molecule is CC(C)(C)OC(=O)CCN1CCN(CC(=O)O)CCN(CC(=O)O)CCN(CC(=O)OC(C)(C)C)CC1.[Br-].[Na+]. The summed E-state index contributed by atoms with van der Waals surface area (Å²) >= 11 is 0. The summed E-state index contributed by atoms with van der Waals surface area (Å²) in [6.07, 6.45) is 0.189. The average molecular weight is 634 g/mol. The van der Waals surface area contributed by atoms with Crippen molar-refractivity contribution in [3.63, 3.8) is 0 Å². The summed E-state index contributed by atoms with van der Waals surface area (Å²) in [6.45, 7) is 14.6. The van der Waals surface area contributed by atoms with Gasteiger partial charge in [-0.1, -0.05) is 0 Å². The maximum atomic E-state index is 12.5. The van der Waals surface area contributed by atoms with E-state index in [1.165, 1.54) is 0 Å². The minimum Gasteiger partial charge on any atom is -1.00 e. The van der Waals surface area contributed by atoms with Gasteiger partial charge in [0.2, 0.25) is 0 Å². The van der Waals surface area contributed by atoms with Crippen molar-refractivity contribution in [1.29, 1.82) is 0 Å². The maximum Gasteiger partial charge on any atom is 1.00 e. The summed E-state index contributed by atoms with van der Waals surface area (Å²) in [5, 5.41) is 18.7. The normalized spacial score (nSPS) is 17.5. The van der Waals surface area contributed by atoms with Crippen molar-refractivity contribution in [3.8, 4) is 0 Å². The molecule has 1 aliphatic heterocycles. The number of rotatable bonds is 9. The summed E-state index contributed by atoms with van der Waals surface area (Å²) in [5.41, 5.74) is -1.20. The molecule has 1 saturated heterocycles. The van der Waals surface area contributed by atoms with Crippen molar-refractivity contribution in [2.75, 3.05) is 78.5 Å². The monoisotopic (exact) mass is 632 g/mol. The van der Waals surface area contributed by atoms with Gasteiger partial charge in [-0.3, -0.25) is 33.9 Å². The van der Waals surface area contributed by atoms with E-state index in [-0.39, 0.29) is 84.5 Å². The number of carbonyl (C=O) groups is 4. The van der Waals surface area contributed by atoms with Gasteiger partial charge in [-0.25, -0.2) is 0 Å². The van der Waals surface area contributed by atoms with E-state index >= 15 is 0 Å². The number of esters is 2. The molecule has 0 aromatic heterocycles. The number of carboxylic acid groups (broad SMARTS) is 2. The molecular weight excluding hydrogens is 587 g/mol. The second-order valence-corrected chi connectivity index (χ2v) is 11.4. The zero-order valence-corrected chi connectivity index (χ0v) is 28.3. The summed E-state index contributed by atoms with van der Waals surface area (Å²) in [4.78, 5) is 55.1. The van der Waals surface area contributed by atoms with Crippen LogP contribution >= 0.6 is 0 Å². The van der Waals surface area contributed by atoms with Crippen LogP contribution in [0.2, 0.25) is 0 Å². The van der Waals surface area contributed by atoms with Gasteiger partial charge >= 0.3 is 53.4 Å². The first-order valence-corrected chi connectivity index (χ1v) is 12.8. The van der Waals surface area contributed by atoms with Crippen molar-refractivity contribution in [2.24, 2.45) is 0 Å². The number of aliphatic carboxylic acids is 2. The summed E-state index contributed by atoms with van der Waals surface area (Å²) in [5.74, 6) is -2.60. The fourth-order valence-corrected chi connectivity index (χ4v) is 3.86. The van der Waals surface area contributed by atoms with Crippen LogP contribution in [0, 0.1) is 0 Å². The van der Waals surface area contributed by atoms with Crippen LogP contribution in [0.3, 0.4) is 0 Å². The smallest absolute Gasteiger partial charge is 1.00 e. The molecule has 0 saturated carbocycles. The molecule has 0 atom stereocenters. The zero-order chi connectivity index (χ0) is 28.2. The van der Waals surface area contributed by atoms with Crippen molar-refractivity contribution in [3.05, 3.63) is 0 Å². The minimum atomic E-state index is -0.969. The Balaban J connectivity index is 0. The Morgan fingerprint density at radius 1 is 0.590 bits per heavy atom. The molecular formula is C25H46BrN4NaO8. The predicted octanol–water partition coefficient (Wildman–Crippen LogP) is -5.54. The first kappa shape index (κ1) is 40.3. The zero-order valence-electron chi connectivity index (χ0n) is 24.7. The minimum absolute atomic E-state index is 0. The van der Waals surface area contributed by atoms with Gasteiger partial charge in [0.25, 0.3) is 0 Å². The molecule has 0 unspecified atom stereocenters. The second-order valence-electron chi connectivity index (χ2n) is 11.4. The third kappa shape index (κ3) is 21.6. The number of carboxylic acids is 2. The molecule has 0 bridgehead atoms. The number of hydrogen-bond donors (Lipinski definition) is 2. The molecule has 222 valence electrons. The fraction of sp³-hybridized carbons (Fsp3) is 0.840. The van der Waals surface area contributed by atoms with Gasteiger partial charge in [0.1, 0.15) is 11.2 Å². The van der Waals surface area contributed by atoms with Crippen LogP contribution in [0.5, 0.6) is 0 Å². The van der Waals surface area contributed by atoms with Crippen LogP contribution < -0.4 is 46.5 Å². The first-order valence-electron chi connectivity index (χ1n) is 12.8. The van der Waals surface area contributed by atoms with Crippen LogP contribution in [-0.4, -0.2) is 143 Å². The van der Waals surface area contributed by atoms with Gasteiger partial charge < -0.3 is 41.6 Å². The quantitative estimate of drug-likeness (QED) is 0.185. The summed E-state index contributed by atoms with van der Waals surface area (Å²) in [6, 6.07) is 0. The molecule has 0 radical (unpaired) electrons. The molecule has 0 aliphatic carbocycles. The van der Waals surface area contributed by atoms with Gasteiger partial charge in [0, 0.05) is 58.9 Å². The van der Waals surface area contributed by atoms with Crippen LogP contribution in [-0.2, 0) is 28.7 Å². The van der Waals surface area contributed by atoms with Crippen LogP contribution in [0.15, 0.2) is 0 Å². The topological polar surface area (TPSA) is 140 Å². The van der Waals surface area contributed by atoms with Crippen LogP contribution in [0.25, 0.3) is 0 Å². The molecule has 1 fully saturated rings. The number of ether oxygens (including phenoxy) is 2. The fourth-order valence-electron chi connectivity index (χ4n) is 3.86. The van der Waals surface area contributed by atoms with Gasteiger partial charge in [-0.2, -0.15) is 0 Å². The Kier molecular flexibility index (Phi) is 20.0. The van der Waals surface area contributed by atoms with E-state index in [4.69, 9.17) is 9.47 Å². The number of halogens is 1. The van der Waals surface area contributed by atoms with Crippen LogP contribution in [0.4, 0.5) is 0 Å². The average Bonchev–Trinajstić information content (AvgIpc) is 2.69. The Labute approximate surface area is 265 Å². The van der Waals surface area contributed by atoms with E-state index in [2.05, 4.69) is 4.90 Å². The van der Waals surface area contributed by atoms with E-state index < -0.39 is 23.1 Å². The predicted molar refractivity (Wildman–Crippen MR) is 137 cm³/mol. The largest absolute Gasteiger partial charge is 1.00 e. The Morgan fingerprint density at radius 2 is 0.897 bits per heavy atom. The number of nitrogens with zero attached hydrogens (tertiary/aromatic N) is 4. The summed E-state index contributed by atoms with van der Waals surface area (Å²) < 4.78 is 10.9. The third-order valence-electron chi connectivity index (χ3n) is 5.47. The Morgan fingerprint density at radius 3 is 1.23 bits per heavy atom. The first-order chi connectivity index (χ1) is 17.0. The maximum absolute atomic E-state index is 12.5. The molecule has 0 amide bonds. The summed E-state index contributed by atoms with van der Waals surface area (Å²) in [7, 11) is 0. The molecule has 1 rings (SSSR count). The van der Waals surface area contributed by atoms with Gasteiger partial charge in [-0.15, -0.1) is 0 Å². The van der Waals surface area contributed by atoms with E-state index in [9.17, 15) is 29.4 Å².